The van der Waals surface area contributed by atoms with Crippen molar-refractivity contribution in [3.05, 3.63) is 59.6 Å². The van der Waals surface area contributed by atoms with E-state index in [9.17, 15) is 4.79 Å². The zero-order valence-corrected chi connectivity index (χ0v) is 14.5. The molecule has 2 aromatic rings. The van der Waals surface area contributed by atoms with Crippen molar-refractivity contribution in [3.8, 4) is 6.07 Å². The largest absolute Gasteiger partial charge is 0.368 e. The molecule has 3 rings (SSSR count). The van der Waals surface area contributed by atoms with Crippen LogP contribution in [0.4, 0.5) is 11.5 Å². The average molecular weight is 347 g/mol. The topological polar surface area (TPSA) is 90.7 Å². The number of para-hydroxylation sites is 1. The maximum Gasteiger partial charge on any atom is 0.275 e. The van der Waals surface area contributed by atoms with Gasteiger partial charge in [-0.2, -0.15) is 5.26 Å². The molecule has 1 aliphatic carbocycles. The van der Waals surface area contributed by atoms with Gasteiger partial charge < -0.3 is 10.6 Å². The summed E-state index contributed by atoms with van der Waals surface area (Å²) < 4.78 is 0. The summed E-state index contributed by atoms with van der Waals surface area (Å²) in [5, 5.41) is 15.0. The quantitative estimate of drug-likeness (QED) is 0.773. The van der Waals surface area contributed by atoms with Gasteiger partial charge in [0.05, 0.1) is 23.6 Å². The summed E-state index contributed by atoms with van der Waals surface area (Å²) in [7, 11) is 0. The van der Waals surface area contributed by atoms with E-state index < -0.39 is 0 Å². The molecule has 0 atom stereocenters. The van der Waals surface area contributed by atoms with E-state index in [1.54, 1.807) is 30.5 Å². The molecule has 6 nitrogen and oxygen atoms in total. The molecular formula is C20H21N5O. The number of hydrogen-bond donors (Lipinski definition) is 2. The van der Waals surface area contributed by atoms with Gasteiger partial charge in [-0.15, -0.1) is 0 Å². The van der Waals surface area contributed by atoms with Crippen LogP contribution >= 0.6 is 0 Å². The summed E-state index contributed by atoms with van der Waals surface area (Å²) in [6.07, 6.45) is 11.3. The third-order valence-corrected chi connectivity index (χ3v) is 4.32. The SMILES string of the molecule is N#Cc1ccccc1NC(=O)c1cnc(NCCC2=CCCCC2)cn1. The lowest BCUT2D eigenvalue weighted by atomic mass is 9.97. The Hall–Kier alpha value is -3.20. The third-order valence-electron chi connectivity index (χ3n) is 4.32. The maximum absolute atomic E-state index is 12.3. The molecule has 1 aliphatic rings. The predicted molar refractivity (Wildman–Crippen MR) is 101 cm³/mol. The summed E-state index contributed by atoms with van der Waals surface area (Å²) in [4.78, 5) is 20.7. The fraction of sp³-hybridized carbons (Fsp3) is 0.300. The second kappa shape index (κ2) is 8.77. The summed E-state index contributed by atoms with van der Waals surface area (Å²) >= 11 is 0. The Bertz CT molecular complexity index is 836. The smallest absolute Gasteiger partial charge is 0.275 e. The second-order valence-corrected chi connectivity index (χ2v) is 6.18. The first-order valence-electron chi connectivity index (χ1n) is 8.80. The molecule has 1 aromatic heterocycles. The predicted octanol–water partition coefficient (Wildman–Crippen LogP) is 3.90. The second-order valence-electron chi connectivity index (χ2n) is 6.18. The van der Waals surface area contributed by atoms with Crippen LogP contribution < -0.4 is 10.6 Å². The molecule has 0 bridgehead atoms. The highest BCUT2D eigenvalue weighted by Crippen LogP contribution is 2.20. The first kappa shape index (κ1) is 17.6. The van der Waals surface area contributed by atoms with Crippen molar-refractivity contribution in [2.24, 2.45) is 0 Å². The molecule has 6 heteroatoms. The molecule has 26 heavy (non-hydrogen) atoms. The van der Waals surface area contributed by atoms with Crippen LogP contribution in [0.15, 0.2) is 48.3 Å². The summed E-state index contributed by atoms with van der Waals surface area (Å²) in [6, 6.07) is 8.88. The number of aromatic nitrogens is 2. The Morgan fingerprint density at radius 3 is 2.81 bits per heavy atom. The number of nitrogens with zero attached hydrogens (tertiary/aromatic N) is 3. The third kappa shape index (κ3) is 4.67. The molecular weight excluding hydrogens is 326 g/mol. The molecule has 0 saturated heterocycles. The number of amides is 1. The summed E-state index contributed by atoms with van der Waals surface area (Å²) in [5.74, 6) is 0.259. The van der Waals surface area contributed by atoms with Crippen molar-refractivity contribution in [1.82, 2.24) is 9.97 Å². The van der Waals surface area contributed by atoms with Crippen molar-refractivity contribution in [3.63, 3.8) is 0 Å². The van der Waals surface area contributed by atoms with Crippen LogP contribution in [0.3, 0.4) is 0 Å². The average Bonchev–Trinajstić information content (AvgIpc) is 2.70. The monoisotopic (exact) mass is 347 g/mol. The van der Waals surface area contributed by atoms with Gasteiger partial charge in [0.15, 0.2) is 0 Å². The van der Waals surface area contributed by atoms with Crippen molar-refractivity contribution in [2.75, 3.05) is 17.2 Å². The highest BCUT2D eigenvalue weighted by molar-refractivity contribution is 6.03. The molecule has 0 unspecified atom stereocenters. The Labute approximate surface area is 153 Å². The highest BCUT2D eigenvalue weighted by Gasteiger charge is 2.11. The lowest BCUT2D eigenvalue weighted by Crippen LogP contribution is -2.15. The van der Waals surface area contributed by atoms with Crippen molar-refractivity contribution in [2.45, 2.75) is 32.1 Å². The van der Waals surface area contributed by atoms with Gasteiger partial charge in [0.2, 0.25) is 0 Å². The van der Waals surface area contributed by atoms with E-state index in [0.717, 1.165) is 13.0 Å². The summed E-state index contributed by atoms with van der Waals surface area (Å²) in [6.45, 7) is 0.807. The molecule has 1 aromatic carbocycles. The van der Waals surface area contributed by atoms with Crippen molar-refractivity contribution < 1.29 is 4.79 Å². The minimum atomic E-state index is -0.390. The minimum Gasteiger partial charge on any atom is -0.368 e. The number of nitriles is 1. The number of anilines is 2. The molecule has 1 amide bonds. The fourth-order valence-corrected chi connectivity index (χ4v) is 2.90. The number of nitrogens with one attached hydrogen (secondary N) is 2. The fourth-order valence-electron chi connectivity index (χ4n) is 2.90. The lowest BCUT2D eigenvalue weighted by Gasteiger charge is -2.13. The zero-order valence-electron chi connectivity index (χ0n) is 14.5. The Balaban J connectivity index is 1.54. The standard InChI is InChI=1S/C20H21N5O/c21-12-16-8-4-5-9-17(16)25-20(26)18-13-24-19(14-23-18)22-11-10-15-6-2-1-3-7-15/h4-6,8-9,13-14H,1-3,7,10-11H2,(H,22,24)(H,25,26). The van der Waals surface area contributed by atoms with E-state index in [-0.39, 0.29) is 11.6 Å². The van der Waals surface area contributed by atoms with E-state index in [1.165, 1.54) is 37.5 Å². The number of carbonyl (C=O) groups excluding carboxylic acids is 1. The Morgan fingerprint density at radius 1 is 1.19 bits per heavy atom. The number of hydrogen-bond acceptors (Lipinski definition) is 5. The van der Waals surface area contributed by atoms with Crippen LogP contribution in [0.5, 0.6) is 0 Å². The first-order valence-corrected chi connectivity index (χ1v) is 8.80. The van der Waals surface area contributed by atoms with Crippen molar-refractivity contribution in [1.29, 1.82) is 5.26 Å². The number of benzene rings is 1. The molecule has 2 N–H and O–H groups in total. The number of carbonyl (C=O) groups is 1. The molecule has 0 aliphatic heterocycles. The first-order chi connectivity index (χ1) is 12.8. The minimum absolute atomic E-state index is 0.207. The van der Waals surface area contributed by atoms with Crippen LogP contribution in [0.2, 0.25) is 0 Å². The normalized spacial score (nSPS) is 13.4. The van der Waals surface area contributed by atoms with E-state index in [4.69, 9.17) is 5.26 Å². The number of rotatable bonds is 6. The van der Waals surface area contributed by atoms with Gasteiger partial charge in [0.25, 0.3) is 5.91 Å². The maximum atomic E-state index is 12.3. The number of allylic oxidation sites excluding steroid dienone is 1. The van der Waals surface area contributed by atoms with Gasteiger partial charge in [0.1, 0.15) is 17.6 Å². The van der Waals surface area contributed by atoms with Gasteiger partial charge in [-0.3, -0.25) is 4.79 Å². The van der Waals surface area contributed by atoms with Crippen LogP contribution in [-0.4, -0.2) is 22.4 Å². The molecule has 0 radical (unpaired) electrons. The van der Waals surface area contributed by atoms with Crippen molar-refractivity contribution >= 4 is 17.4 Å². The van der Waals surface area contributed by atoms with Gasteiger partial charge in [-0.25, -0.2) is 9.97 Å². The Kier molecular flexibility index (Phi) is 5.94. The van der Waals surface area contributed by atoms with E-state index in [0.29, 0.717) is 17.1 Å². The zero-order chi connectivity index (χ0) is 18.2. The molecule has 0 saturated carbocycles. The lowest BCUT2D eigenvalue weighted by molar-refractivity contribution is 0.102. The van der Waals surface area contributed by atoms with Crippen LogP contribution in [0.1, 0.15) is 48.2 Å². The molecule has 1 heterocycles. The van der Waals surface area contributed by atoms with Gasteiger partial charge >= 0.3 is 0 Å². The van der Waals surface area contributed by atoms with E-state index in [2.05, 4.69) is 26.7 Å². The van der Waals surface area contributed by atoms with Gasteiger partial charge in [-0.1, -0.05) is 23.8 Å². The van der Waals surface area contributed by atoms with Crippen LogP contribution in [0.25, 0.3) is 0 Å². The van der Waals surface area contributed by atoms with Gasteiger partial charge in [-0.05, 0) is 44.2 Å². The summed E-state index contributed by atoms with van der Waals surface area (Å²) in [5.41, 5.74) is 2.58. The van der Waals surface area contributed by atoms with E-state index in [1.807, 2.05) is 6.07 Å². The van der Waals surface area contributed by atoms with E-state index >= 15 is 0 Å². The highest BCUT2D eigenvalue weighted by atomic mass is 16.1. The molecule has 0 spiro atoms. The Morgan fingerprint density at radius 2 is 2.08 bits per heavy atom. The molecule has 0 fully saturated rings. The van der Waals surface area contributed by atoms with Gasteiger partial charge in [0, 0.05) is 6.54 Å². The molecule has 132 valence electrons. The van der Waals surface area contributed by atoms with Crippen LogP contribution in [-0.2, 0) is 0 Å². The van der Waals surface area contributed by atoms with Crippen LogP contribution in [0, 0.1) is 11.3 Å².